The number of urea groups is 1. The Kier molecular flexibility index (Phi) is 6.66. The van der Waals surface area contributed by atoms with Gasteiger partial charge in [-0.25, -0.2) is 4.79 Å². The van der Waals surface area contributed by atoms with Gasteiger partial charge in [-0.1, -0.05) is 6.92 Å². The van der Waals surface area contributed by atoms with Crippen LogP contribution >= 0.6 is 0 Å². The molecular formula is C9H17N3O4. The van der Waals surface area contributed by atoms with Crippen LogP contribution in [0.4, 0.5) is 4.79 Å². The molecule has 0 aliphatic heterocycles. The number of carboxylic acids is 1. The third-order valence-electron chi connectivity index (χ3n) is 1.77. The van der Waals surface area contributed by atoms with Gasteiger partial charge in [0.1, 0.15) is 0 Å². The fourth-order valence-electron chi connectivity index (χ4n) is 0.810. The smallest absolute Gasteiger partial charge is 0.314 e. The van der Waals surface area contributed by atoms with Gasteiger partial charge in [0.25, 0.3) is 0 Å². The minimum atomic E-state index is -0.960. The number of carboxylic acid groups (broad SMARTS) is 1. The highest BCUT2D eigenvalue weighted by Gasteiger charge is 2.11. The van der Waals surface area contributed by atoms with Crippen LogP contribution in [-0.2, 0) is 9.59 Å². The van der Waals surface area contributed by atoms with Crippen molar-refractivity contribution >= 4 is 17.9 Å². The average molecular weight is 231 g/mol. The molecule has 16 heavy (non-hydrogen) atoms. The maximum absolute atomic E-state index is 11.1. The van der Waals surface area contributed by atoms with E-state index in [4.69, 9.17) is 5.11 Å². The summed E-state index contributed by atoms with van der Waals surface area (Å²) in [5, 5.41) is 15.9. The highest BCUT2D eigenvalue weighted by atomic mass is 16.4. The molecule has 0 aromatic rings. The molecule has 0 radical (unpaired) electrons. The van der Waals surface area contributed by atoms with Crippen LogP contribution < -0.4 is 16.0 Å². The van der Waals surface area contributed by atoms with Crippen molar-refractivity contribution in [1.29, 1.82) is 0 Å². The lowest BCUT2D eigenvalue weighted by Gasteiger charge is -2.09. The summed E-state index contributed by atoms with van der Waals surface area (Å²) in [6.07, 6.45) is 0. The van der Waals surface area contributed by atoms with E-state index in [1.165, 1.54) is 13.8 Å². The molecule has 0 heterocycles. The number of nitrogens with one attached hydrogen (secondary N) is 3. The van der Waals surface area contributed by atoms with Gasteiger partial charge in [-0.05, 0) is 0 Å². The lowest BCUT2D eigenvalue weighted by Crippen LogP contribution is -2.42. The molecule has 0 saturated heterocycles. The van der Waals surface area contributed by atoms with Crippen molar-refractivity contribution in [1.82, 2.24) is 16.0 Å². The molecule has 0 aromatic heterocycles. The predicted octanol–water partition coefficient (Wildman–Crippen LogP) is -0.858. The zero-order valence-corrected chi connectivity index (χ0v) is 9.37. The third kappa shape index (κ3) is 7.60. The highest BCUT2D eigenvalue weighted by Crippen LogP contribution is 1.90. The maximum atomic E-state index is 11.1. The van der Waals surface area contributed by atoms with Gasteiger partial charge in [-0.15, -0.1) is 0 Å². The van der Waals surface area contributed by atoms with Crippen LogP contribution in [0.25, 0.3) is 0 Å². The lowest BCUT2D eigenvalue weighted by molar-refractivity contribution is -0.140. The second-order valence-corrected chi connectivity index (χ2v) is 3.36. The fourth-order valence-corrected chi connectivity index (χ4v) is 0.810. The van der Waals surface area contributed by atoms with Gasteiger partial charge in [-0.2, -0.15) is 0 Å². The van der Waals surface area contributed by atoms with Gasteiger partial charge >= 0.3 is 12.0 Å². The Balaban J connectivity index is 3.52. The normalized spacial score (nSPS) is 11.4. The summed E-state index contributed by atoms with van der Waals surface area (Å²) in [4.78, 5) is 32.0. The van der Waals surface area contributed by atoms with Crippen LogP contribution in [0, 0.1) is 5.92 Å². The first-order valence-electron chi connectivity index (χ1n) is 4.92. The number of rotatable bonds is 6. The molecule has 3 amide bonds. The third-order valence-corrected chi connectivity index (χ3v) is 1.77. The van der Waals surface area contributed by atoms with Crippen molar-refractivity contribution in [3.05, 3.63) is 0 Å². The topological polar surface area (TPSA) is 108 Å². The molecule has 0 aliphatic rings. The SMILES string of the molecule is CC(=O)NCCNC(=O)NCC(C)C(=O)O. The molecule has 7 heteroatoms. The molecule has 1 atom stereocenters. The molecule has 0 fully saturated rings. The van der Waals surface area contributed by atoms with E-state index < -0.39 is 17.9 Å². The van der Waals surface area contributed by atoms with Gasteiger partial charge < -0.3 is 21.1 Å². The molecule has 1 unspecified atom stereocenters. The van der Waals surface area contributed by atoms with Gasteiger partial charge in [0, 0.05) is 26.6 Å². The molecule has 0 saturated carbocycles. The number of aliphatic carboxylic acids is 1. The Morgan fingerprint density at radius 3 is 2.19 bits per heavy atom. The zero-order chi connectivity index (χ0) is 12.6. The quantitative estimate of drug-likeness (QED) is 0.446. The molecule has 0 aliphatic carbocycles. The number of hydrogen-bond acceptors (Lipinski definition) is 3. The van der Waals surface area contributed by atoms with E-state index >= 15 is 0 Å². The van der Waals surface area contributed by atoms with Gasteiger partial charge in [0.05, 0.1) is 5.92 Å². The van der Waals surface area contributed by atoms with Crippen molar-refractivity contribution in [3.63, 3.8) is 0 Å². The first kappa shape index (κ1) is 14.2. The number of carbonyl (C=O) groups is 3. The van der Waals surface area contributed by atoms with Gasteiger partial charge in [0.2, 0.25) is 5.91 Å². The van der Waals surface area contributed by atoms with E-state index in [1.807, 2.05) is 0 Å². The minimum absolute atomic E-state index is 0.0707. The molecule has 0 spiro atoms. The Morgan fingerprint density at radius 1 is 1.12 bits per heavy atom. The van der Waals surface area contributed by atoms with Crippen molar-refractivity contribution in [2.75, 3.05) is 19.6 Å². The zero-order valence-electron chi connectivity index (χ0n) is 9.37. The monoisotopic (exact) mass is 231 g/mol. The Morgan fingerprint density at radius 2 is 1.69 bits per heavy atom. The van der Waals surface area contributed by atoms with Gasteiger partial charge in [-0.3, -0.25) is 9.59 Å². The molecule has 4 N–H and O–H groups in total. The first-order chi connectivity index (χ1) is 7.43. The summed E-state index contributed by atoms with van der Waals surface area (Å²) in [5.74, 6) is -1.75. The van der Waals surface area contributed by atoms with Crippen molar-refractivity contribution in [2.45, 2.75) is 13.8 Å². The van der Waals surface area contributed by atoms with Gasteiger partial charge in [0.15, 0.2) is 0 Å². The Labute approximate surface area is 93.6 Å². The van der Waals surface area contributed by atoms with Crippen molar-refractivity contribution < 1.29 is 19.5 Å². The van der Waals surface area contributed by atoms with E-state index in [1.54, 1.807) is 0 Å². The van der Waals surface area contributed by atoms with Crippen molar-refractivity contribution in [2.24, 2.45) is 5.92 Å². The summed E-state index contributed by atoms with van der Waals surface area (Å²) in [7, 11) is 0. The van der Waals surface area contributed by atoms with E-state index in [2.05, 4.69) is 16.0 Å². The van der Waals surface area contributed by atoms with E-state index in [-0.39, 0.29) is 12.5 Å². The lowest BCUT2D eigenvalue weighted by atomic mass is 10.2. The van der Waals surface area contributed by atoms with Crippen LogP contribution in [0.3, 0.4) is 0 Å². The fraction of sp³-hybridized carbons (Fsp3) is 0.667. The second kappa shape index (κ2) is 7.49. The standard InChI is InChI=1S/C9H17N3O4/c1-6(8(14)15)5-12-9(16)11-4-3-10-7(2)13/h6H,3-5H2,1-2H3,(H,10,13)(H,14,15)(H2,11,12,16). The highest BCUT2D eigenvalue weighted by molar-refractivity contribution is 5.76. The predicted molar refractivity (Wildman–Crippen MR) is 56.9 cm³/mol. The summed E-state index contributed by atoms with van der Waals surface area (Å²) >= 11 is 0. The van der Waals surface area contributed by atoms with Crippen LogP contribution in [0.2, 0.25) is 0 Å². The van der Waals surface area contributed by atoms with Crippen LogP contribution in [0.15, 0.2) is 0 Å². The molecule has 0 aromatic carbocycles. The molecular weight excluding hydrogens is 214 g/mol. The number of amides is 3. The molecule has 92 valence electrons. The number of hydrogen-bond donors (Lipinski definition) is 4. The minimum Gasteiger partial charge on any atom is -0.481 e. The maximum Gasteiger partial charge on any atom is 0.314 e. The Hall–Kier alpha value is -1.79. The molecule has 7 nitrogen and oxygen atoms in total. The number of carbonyl (C=O) groups excluding carboxylic acids is 2. The summed E-state index contributed by atoms with van der Waals surface area (Å²) in [6.45, 7) is 3.60. The summed E-state index contributed by atoms with van der Waals surface area (Å²) in [6, 6.07) is -0.446. The second-order valence-electron chi connectivity index (χ2n) is 3.36. The largest absolute Gasteiger partial charge is 0.481 e. The molecule has 0 rings (SSSR count). The van der Waals surface area contributed by atoms with Crippen molar-refractivity contribution in [3.8, 4) is 0 Å². The van der Waals surface area contributed by atoms with Crippen LogP contribution in [-0.4, -0.2) is 42.6 Å². The van der Waals surface area contributed by atoms with E-state index in [9.17, 15) is 14.4 Å². The first-order valence-corrected chi connectivity index (χ1v) is 4.92. The summed E-state index contributed by atoms with van der Waals surface area (Å²) < 4.78 is 0. The van der Waals surface area contributed by atoms with Crippen LogP contribution in [0.5, 0.6) is 0 Å². The summed E-state index contributed by atoms with van der Waals surface area (Å²) in [5.41, 5.74) is 0. The van der Waals surface area contributed by atoms with Crippen LogP contribution in [0.1, 0.15) is 13.8 Å². The van der Waals surface area contributed by atoms with E-state index in [0.717, 1.165) is 0 Å². The van der Waals surface area contributed by atoms with E-state index in [0.29, 0.717) is 13.1 Å². The Bertz CT molecular complexity index is 267. The molecule has 0 bridgehead atoms. The average Bonchev–Trinajstić information content (AvgIpc) is 2.20.